The summed E-state index contributed by atoms with van der Waals surface area (Å²) >= 11 is 1.46. The first kappa shape index (κ1) is 18.6. The molecule has 1 fully saturated rings. The van der Waals surface area contributed by atoms with Gasteiger partial charge in [0.1, 0.15) is 5.60 Å². The van der Waals surface area contributed by atoms with E-state index in [0.717, 1.165) is 23.3 Å². The molecule has 1 aromatic heterocycles. The molecule has 1 aliphatic rings. The van der Waals surface area contributed by atoms with Gasteiger partial charge in [-0.05, 0) is 53.3 Å². The van der Waals surface area contributed by atoms with Crippen molar-refractivity contribution in [3.63, 3.8) is 0 Å². The maximum atomic E-state index is 12.6. The SMILES string of the molecule is CC(C)(C)c1ccc(S(=O)(=O)NCC(O)(c2cccs2)C2CC2)cc1. The van der Waals surface area contributed by atoms with Crippen LogP contribution in [0.4, 0.5) is 0 Å². The van der Waals surface area contributed by atoms with Crippen LogP contribution < -0.4 is 4.72 Å². The lowest BCUT2D eigenvalue weighted by atomic mass is 9.87. The molecule has 2 N–H and O–H groups in total. The van der Waals surface area contributed by atoms with Crippen LogP contribution in [0.2, 0.25) is 0 Å². The van der Waals surface area contributed by atoms with Gasteiger partial charge in [0.05, 0.1) is 4.90 Å². The van der Waals surface area contributed by atoms with E-state index in [2.05, 4.69) is 25.5 Å². The van der Waals surface area contributed by atoms with E-state index in [1.807, 2.05) is 29.6 Å². The summed E-state index contributed by atoms with van der Waals surface area (Å²) in [5.41, 5.74) is -0.0622. The lowest BCUT2D eigenvalue weighted by Gasteiger charge is -2.27. The van der Waals surface area contributed by atoms with Crippen LogP contribution in [0.15, 0.2) is 46.7 Å². The molecule has 3 rings (SSSR count). The van der Waals surface area contributed by atoms with Gasteiger partial charge in [-0.3, -0.25) is 0 Å². The molecule has 0 spiro atoms. The molecule has 0 amide bonds. The Labute approximate surface area is 154 Å². The fraction of sp³-hybridized carbons (Fsp3) is 0.474. The Morgan fingerprint density at radius 2 is 1.80 bits per heavy atom. The molecule has 136 valence electrons. The lowest BCUT2D eigenvalue weighted by Crippen LogP contribution is -2.41. The van der Waals surface area contributed by atoms with E-state index in [1.165, 1.54) is 11.3 Å². The normalized spacial score (nSPS) is 18.1. The van der Waals surface area contributed by atoms with Crippen molar-refractivity contribution in [1.29, 1.82) is 0 Å². The largest absolute Gasteiger partial charge is 0.383 e. The molecule has 1 saturated carbocycles. The summed E-state index contributed by atoms with van der Waals surface area (Å²) in [7, 11) is -3.66. The average Bonchev–Trinajstić information content (AvgIpc) is 3.27. The summed E-state index contributed by atoms with van der Waals surface area (Å²) in [5, 5.41) is 13.0. The third kappa shape index (κ3) is 3.97. The van der Waals surface area contributed by atoms with Gasteiger partial charge in [0.2, 0.25) is 10.0 Å². The highest BCUT2D eigenvalue weighted by Crippen LogP contribution is 2.46. The second-order valence-corrected chi connectivity index (χ2v) is 10.5. The minimum atomic E-state index is -3.66. The average molecular weight is 380 g/mol. The van der Waals surface area contributed by atoms with Gasteiger partial charge in [0.15, 0.2) is 0 Å². The molecule has 2 aromatic rings. The zero-order chi connectivity index (χ0) is 18.3. The number of benzene rings is 1. The van der Waals surface area contributed by atoms with E-state index in [0.29, 0.717) is 0 Å². The first-order chi connectivity index (χ1) is 11.6. The van der Waals surface area contributed by atoms with Crippen LogP contribution in [-0.4, -0.2) is 20.1 Å². The summed E-state index contributed by atoms with van der Waals surface area (Å²) in [4.78, 5) is 1.05. The van der Waals surface area contributed by atoms with Crippen LogP contribution in [0, 0.1) is 5.92 Å². The van der Waals surface area contributed by atoms with Crippen LogP contribution in [0.5, 0.6) is 0 Å². The Hall–Kier alpha value is -1.21. The van der Waals surface area contributed by atoms with Crippen molar-refractivity contribution < 1.29 is 13.5 Å². The number of hydrogen-bond acceptors (Lipinski definition) is 4. The highest BCUT2D eigenvalue weighted by molar-refractivity contribution is 7.89. The van der Waals surface area contributed by atoms with E-state index >= 15 is 0 Å². The van der Waals surface area contributed by atoms with Crippen LogP contribution in [0.25, 0.3) is 0 Å². The van der Waals surface area contributed by atoms with E-state index in [4.69, 9.17) is 0 Å². The van der Waals surface area contributed by atoms with Crippen molar-refractivity contribution in [2.24, 2.45) is 5.92 Å². The highest BCUT2D eigenvalue weighted by atomic mass is 32.2. The molecule has 4 nitrogen and oxygen atoms in total. The predicted molar refractivity (Wildman–Crippen MR) is 101 cm³/mol. The number of nitrogens with one attached hydrogen (secondary N) is 1. The molecule has 1 atom stereocenters. The molecular weight excluding hydrogens is 354 g/mol. The molecule has 0 radical (unpaired) electrons. The Bertz CT molecular complexity index is 817. The molecular formula is C19H25NO3S2. The first-order valence-electron chi connectivity index (χ1n) is 8.49. The van der Waals surface area contributed by atoms with Crippen molar-refractivity contribution in [2.45, 2.75) is 49.5 Å². The number of sulfonamides is 1. The van der Waals surface area contributed by atoms with Crippen molar-refractivity contribution in [3.8, 4) is 0 Å². The van der Waals surface area contributed by atoms with Crippen LogP contribution in [0.1, 0.15) is 44.1 Å². The van der Waals surface area contributed by atoms with E-state index in [1.54, 1.807) is 12.1 Å². The highest BCUT2D eigenvalue weighted by Gasteiger charge is 2.46. The monoisotopic (exact) mass is 379 g/mol. The van der Waals surface area contributed by atoms with E-state index < -0.39 is 15.6 Å². The molecule has 1 heterocycles. The number of aliphatic hydroxyl groups is 1. The maximum Gasteiger partial charge on any atom is 0.240 e. The molecule has 6 heteroatoms. The van der Waals surface area contributed by atoms with Gasteiger partial charge in [0.25, 0.3) is 0 Å². The molecule has 0 aliphatic heterocycles. The van der Waals surface area contributed by atoms with Crippen molar-refractivity contribution in [1.82, 2.24) is 4.72 Å². The Balaban J connectivity index is 1.77. The van der Waals surface area contributed by atoms with E-state index in [-0.39, 0.29) is 22.8 Å². The van der Waals surface area contributed by atoms with Gasteiger partial charge < -0.3 is 5.11 Å². The summed E-state index contributed by atoms with van der Waals surface area (Å²) in [5.74, 6) is 0.122. The number of rotatable bonds is 6. The molecule has 0 saturated heterocycles. The van der Waals surface area contributed by atoms with Gasteiger partial charge >= 0.3 is 0 Å². The van der Waals surface area contributed by atoms with Gasteiger partial charge in [-0.1, -0.05) is 39.0 Å². The Morgan fingerprint density at radius 3 is 2.28 bits per heavy atom. The lowest BCUT2D eigenvalue weighted by molar-refractivity contribution is 0.0222. The van der Waals surface area contributed by atoms with Crippen LogP contribution in [-0.2, 0) is 21.0 Å². The van der Waals surface area contributed by atoms with Gasteiger partial charge in [-0.25, -0.2) is 13.1 Å². The summed E-state index contributed by atoms with van der Waals surface area (Å²) in [6.45, 7) is 6.27. The quantitative estimate of drug-likeness (QED) is 0.805. The standard InChI is InChI=1S/C19H25NO3S2/c1-18(2,3)14-8-10-16(11-9-14)25(22,23)20-13-19(21,15-6-7-15)17-5-4-12-24-17/h4-5,8-12,15,20-21H,6-7,13H2,1-3H3. The third-order valence-corrected chi connectivity index (χ3v) is 7.22. The zero-order valence-corrected chi connectivity index (χ0v) is 16.5. The maximum absolute atomic E-state index is 12.6. The van der Waals surface area contributed by atoms with Crippen molar-refractivity contribution in [3.05, 3.63) is 52.2 Å². The fourth-order valence-corrected chi connectivity index (χ4v) is 4.92. The number of thiophene rings is 1. The molecule has 1 unspecified atom stereocenters. The molecule has 25 heavy (non-hydrogen) atoms. The molecule has 1 aromatic carbocycles. The van der Waals surface area contributed by atoms with Gasteiger partial charge in [-0.15, -0.1) is 11.3 Å². The summed E-state index contributed by atoms with van der Waals surface area (Å²) in [6.07, 6.45) is 1.85. The van der Waals surface area contributed by atoms with Crippen LogP contribution >= 0.6 is 11.3 Å². The first-order valence-corrected chi connectivity index (χ1v) is 10.9. The summed E-state index contributed by atoms with van der Waals surface area (Å²) in [6, 6.07) is 10.7. The van der Waals surface area contributed by atoms with Gasteiger partial charge in [-0.2, -0.15) is 0 Å². The Kier molecular flexibility index (Phi) is 4.83. The smallest absolute Gasteiger partial charge is 0.240 e. The molecule has 0 bridgehead atoms. The second-order valence-electron chi connectivity index (χ2n) is 7.77. The predicted octanol–water partition coefficient (Wildman–Crippen LogP) is 3.62. The van der Waals surface area contributed by atoms with Crippen LogP contribution in [0.3, 0.4) is 0 Å². The van der Waals surface area contributed by atoms with Gasteiger partial charge in [0, 0.05) is 11.4 Å². The second kappa shape index (κ2) is 6.50. The van der Waals surface area contributed by atoms with Crippen molar-refractivity contribution >= 4 is 21.4 Å². The topological polar surface area (TPSA) is 66.4 Å². The fourth-order valence-electron chi connectivity index (χ4n) is 2.94. The number of hydrogen-bond donors (Lipinski definition) is 2. The zero-order valence-electron chi connectivity index (χ0n) is 14.8. The minimum Gasteiger partial charge on any atom is -0.383 e. The third-order valence-electron chi connectivity index (χ3n) is 4.76. The summed E-state index contributed by atoms with van der Waals surface area (Å²) < 4.78 is 27.9. The van der Waals surface area contributed by atoms with Crippen molar-refractivity contribution in [2.75, 3.05) is 6.54 Å². The minimum absolute atomic E-state index is 0.00152. The Morgan fingerprint density at radius 1 is 1.16 bits per heavy atom. The molecule has 1 aliphatic carbocycles. The van der Waals surface area contributed by atoms with E-state index in [9.17, 15) is 13.5 Å².